The van der Waals surface area contributed by atoms with Gasteiger partial charge in [-0.25, -0.2) is 0 Å². The molecule has 0 spiro atoms. The molecule has 1 saturated carbocycles. The molecule has 116 valence electrons. The SMILES string of the molecule is CN(c1cccc(C2CCC(=O)NC2=O)c1)C1CC(C=O)C1. The second-order valence-electron chi connectivity index (χ2n) is 6.23. The summed E-state index contributed by atoms with van der Waals surface area (Å²) in [5.41, 5.74) is 2.00. The first-order valence-corrected chi connectivity index (χ1v) is 7.70. The van der Waals surface area contributed by atoms with Gasteiger partial charge < -0.3 is 9.69 Å². The van der Waals surface area contributed by atoms with Crippen molar-refractivity contribution in [1.29, 1.82) is 0 Å². The van der Waals surface area contributed by atoms with Gasteiger partial charge in [0.1, 0.15) is 6.29 Å². The quantitative estimate of drug-likeness (QED) is 0.678. The first kappa shape index (κ1) is 14.8. The van der Waals surface area contributed by atoms with Gasteiger partial charge in [0.2, 0.25) is 11.8 Å². The molecule has 5 nitrogen and oxygen atoms in total. The van der Waals surface area contributed by atoms with Crippen molar-refractivity contribution < 1.29 is 14.4 Å². The van der Waals surface area contributed by atoms with Crippen LogP contribution in [0.4, 0.5) is 5.69 Å². The molecule has 1 aliphatic heterocycles. The van der Waals surface area contributed by atoms with Gasteiger partial charge in [-0.05, 0) is 37.0 Å². The fourth-order valence-corrected chi connectivity index (χ4v) is 3.24. The number of carbonyl (C=O) groups is 3. The van der Waals surface area contributed by atoms with Crippen LogP contribution in [-0.4, -0.2) is 31.2 Å². The summed E-state index contributed by atoms with van der Waals surface area (Å²) in [5, 5.41) is 2.40. The molecule has 0 aromatic heterocycles. The van der Waals surface area contributed by atoms with Crippen molar-refractivity contribution in [2.75, 3.05) is 11.9 Å². The lowest BCUT2D eigenvalue weighted by Gasteiger charge is -2.40. The van der Waals surface area contributed by atoms with E-state index in [-0.39, 0.29) is 23.7 Å². The van der Waals surface area contributed by atoms with Crippen LogP contribution in [0, 0.1) is 5.92 Å². The molecule has 0 radical (unpaired) electrons. The van der Waals surface area contributed by atoms with Crippen molar-refractivity contribution in [3.05, 3.63) is 29.8 Å². The molecule has 1 saturated heterocycles. The van der Waals surface area contributed by atoms with Crippen LogP contribution in [0.1, 0.15) is 37.2 Å². The third-order valence-electron chi connectivity index (χ3n) is 4.81. The largest absolute Gasteiger partial charge is 0.372 e. The molecule has 2 aliphatic rings. The van der Waals surface area contributed by atoms with Crippen LogP contribution in [0.2, 0.25) is 0 Å². The third-order valence-corrected chi connectivity index (χ3v) is 4.81. The number of aldehydes is 1. The Balaban J connectivity index is 1.74. The van der Waals surface area contributed by atoms with Crippen LogP contribution in [0.5, 0.6) is 0 Å². The van der Waals surface area contributed by atoms with Gasteiger partial charge in [0.15, 0.2) is 0 Å². The Morgan fingerprint density at radius 2 is 2.05 bits per heavy atom. The lowest BCUT2D eigenvalue weighted by Crippen LogP contribution is -2.43. The van der Waals surface area contributed by atoms with Crippen molar-refractivity contribution >= 4 is 23.8 Å². The van der Waals surface area contributed by atoms with E-state index in [1.807, 2.05) is 31.3 Å². The second kappa shape index (κ2) is 5.91. The van der Waals surface area contributed by atoms with Gasteiger partial charge >= 0.3 is 0 Å². The van der Waals surface area contributed by atoms with E-state index in [0.29, 0.717) is 18.9 Å². The lowest BCUT2D eigenvalue weighted by molar-refractivity contribution is -0.134. The average Bonchev–Trinajstić information content (AvgIpc) is 2.46. The Kier molecular flexibility index (Phi) is 3.96. The van der Waals surface area contributed by atoms with Gasteiger partial charge in [-0.2, -0.15) is 0 Å². The Labute approximate surface area is 129 Å². The van der Waals surface area contributed by atoms with E-state index in [4.69, 9.17) is 0 Å². The molecule has 1 heterocycles. The summed E-state index contributed by atoms with van der Waals surface area (Å²) in [5.74, 6) is -0.467. The van der Waals surface area contributed by atoms with Crippen molar-refractivity contribution in [3.63, 3.8) is 0 Å². The monoisotopic (exact) mass is 300 g/mol. The number of benzene rings is 1. The van der Waals surface area contributed by atoms with E-state index < -0.39 is 0 Å². The number of anilines is 1. The molecule has 1 aromatic rings. The summed E-state index contributed by atoms with van der Waals surface area (Å²) in [6, 6.07) is 8.30. The highest BCUT2D eigenvalue weighted by Crippen LogP contribution is 2.34. The molecule has 3 rings (SSSR count). The fraction of sp³-hybridized carbons (Fsp3) is 0.471. The highest BCUT2D eigenvalue weighted by atomic mass is 16.2. The molecule has 2 amide bonds. The number of nitrogens with one attached hydrogen (secondary N) is 1. The Morgan fingerprint density at radius 3 is 2.73 bits per heavy atom. The molecular formula is C17H20N2O3. The number of imide groups is 1. The van der Waals surface area contributed by atoms with E-state index in [1.54, 1.807) is 0 Å². The predicted octanol–water partition coefficient (Wildman–Crippen LogP) is 1.62. The fourth-order valence-electron chi connectivity index (χ4n) is 3.24. The zero-order valence-electron chi connectivity index (χ0n) is 12.6. The molecule has 5 heteroatoms. The summed E-state index contributed by atoms with van der Waals surface area (Å²) in [7, 11) is 2.02. The number of carbonyl (C=O) groups excluding carboxylic acids is 3. The van der Waals surface area contributed by atoms with Gasteiger partial charge in [-0.1, -0.05) is 12.1 Å². The van der Waals surface area contributed by atoms with Crippen LogP contribution in [0.15, 0.2) is 24.3 Å². The molecule has 1 atom stereocenters. The molecule has 1 unspecified atom stereocenters. The van der Waals surface area contributed by atoms with Crippen LogP contribution >= 0.6 is 0 Å². The van der Waals surface area contributed by atoms with Crippen LogP contribution in [-0.2, 0) is 14.4 Å². The first-order valence-electron chi connectivity index (χ1n) is 7.70. The number of piperidine rings is 1. The summed E-state index contributed by atoms with van der Waals surface area (Å²) in [6.07, 6.45) is 3.77. The summed E-state index contributed by atoms with van der Waals surface area (Å²) < 4.78 is 0. The maximum Gasteiger partial charge on any atom is 0.234 e. The smallest absolute Gasteiger partial charge is 0.234 e. The molecule has 1 N–H and O–H groups in total. The van der Waals surface area contributed by atoms with Crippen molar-refractivity contribution in [2.24, 2.45) is 5.92 Å². The number of nitrogens with zero attached hydrogens (tertiary/aromatic N) is 1. The Bertz CT molecular complexity index is 608. The summed E-state index contributed by atoms with van der Waals surface area (Å²) in [4.78, 5) is 36.1. The van der Waals surface area contributed by atoms with E-state index in [9.17, 15) is 14.4 Å². The van der Waals surface area contributed by atoms with Gasteiger partial charge in [0, 0.05) is 31.1 Å². The minimum atomic E-state index is -0.254. The van der Waals surface area contributed by atoms with Gasteiger partial charge in [0.05, 0.1) is 5.92 Å². The minimum absolute atomic E-state index is 0.186. The normalized spacial score (nSPS) is 27.8. The molecule has 0 bridgehead atoms. The van der Waals surface area contributed by atoms with Gasteiger partial charge in [-0.3, -0.25) is 14.9 Å². The van der Waals surface area contributed by atoms with Gasteiger partial charge in [0.25, 0.3) is 0 Å². The first-order chi connectivity index (χ1) is 10.6. The van der Waals surface area contributed by atoms with Crippen LogP contribution in [0.3, 0.4) is 0 Å². The second-order valence-corrected chi connectivity index (χ2v) is 6.23. The average molecular weight is 300 g/mol. The molecule has 22 heavy (non-hydrogen) atoms. The van der Waals surface area contributed by atoms with E-state index in [2.05, 4.69) is 10.2 Å². The standard InChI is InChI=1S/C17H20N2O3/c1-19(14-7-11(8-14)10-20)13-4-2-3-12(9-13)15-5-6-16(21)18-17(15)22/h2-4,9-11,14-15H,5-8H2,1H3,(H,18,21,22). The third kappa shape index (κ3) is 2.75. The molecule has 1 aromatic carbocycles. The molecule has 1 aliphatic carbocycles. The predicted molar refractivity (Wildman–Crippen MR) is 82.5 cm³/mol. The van der Waals surface area contributed by atoms with E-state index in [1.165, 1.54) is 0 Å². The lowest BCUT2D eigenvalue weighted by atomic mass is 9.80. The maximum atomic E-state index is 12.0. The van der Waals surface area contributed by atoms with Crippen molar-refractivity contribution in [2.45, 2.75) is 37.6 Å². The van der Waals surface area contributed by atoms with Gasteiger partial charge in [-0.15, -0.1) is 0 Å². The van der Waals surface area contributed by atoms with E-state index in [0.717, 1.165) is 30.4 Å². The maximum absolute atomic E-state index is 12.0. The number of hydrogen-bond acceptors (Lipinski definition) is 4. The van der Waals surface area contributed by atoms with Crippen LogP contribution in [0.25, 0.3) is 0 Å². The van der Waals surface area contributed by atoms with Crippen molar-refractivity contribution in [3.8, 4) is 0 Å². The molecule has 2 fully saturated rings. The zero-order valence-corrected chi connectivity index (χ0v) is 12.6. The number of rotatable bonds is 4. The number of amides is 2. The summed E-state index contributed by atoms with van der Waals surface area (Å²) in [6.45, 7) is 0. The Morgan fingerprint density at radius 1 is 1.27 bits per heavy atom. The van der Waals surface area contributed by atoms with E-state index >= 15 is 0 Å². The zero-order chi connectivity index (χ0) is 15.7. The highest BCUT2D eigenvalue weighted by molar-refractivity contribution is 6.01. The number of hydrogen-bond donors (Lipinski definition) is 1. The highest BCUT2D eigenvalue weighted by Gasteiger charge is 2.32. The summed E-state index contributed by atoms with van der Waals surface area (Å²) >= 11 is 0. The topological polar surface area (TPSA) is 66.5 Å². The molecular weight excluding hydrogens is 280 g/mol. The van der Waals surface area contributed by atoms with Crippen molar-refractivity contribution in [1.82, 2.24) is 5.32 Å². The van der Waals surface area contributed by atoms with Crippen LogP contribution < -0.4 is 10.2 Å². The minimum Gasteiger partial charge on any atom is -0.372 e. The Hall–Kier alpha value is -2.17.